The summed E-state index contributed by atoms with van der Waals surface area (Å²) in [6, 6.07) is 8.57. The van der Waals surface area contributed by atoms with E-state index in [0.717, 1.165) is 12.0 Å². The Balaban J connectivity index is 2.06. The molecule has 2 aromatic rings. The molecule has 2 N–H and O–H groups in total. The van der Waals surface area contributed by atoms with Crippen LogP contribution >= 0.6 is 0 Å². The number of hydrogen-bond acceptors (Lipinski definition) is 4. The minimum atomic E-state index is -0.231. The van der Waals surface area contributed by atoms with Crippen molar-refractivity contribution in [3.63, 3.8) is 0 Å². The second-order valence-electron chi connectivity index (χ2n) is 5.37. The van der Waals surface area contributed by atoms with Gasteiger partial charge in [-0.05, 0) is 49.2 Å². The molecule has 2 amide bonds. The smallest absolute Gasteiger partial charge is 0.255 e. The Morgan fingerprint density at radius 1 is 1.17 bits per heavy atom. The maximum Gasteiger partial charge on any atom is 0.255 e. The third-order valence-electron chi connectivity index (χ3n) is 3.46. The van der Waals surface area contributed by atoms with Crippen LogP contribution in [0.1, 0.15) is 35.7 Å². The molecule has 24 heavy (non-hydrogen) atoms. The maximum absolute atomic E-state index is 12.3. The van der Waals surface area contributed by atoms with Gasteiger partial charge in [0.25, 0.3) is 5.91 Å². The molecule has 0 aliphatic heterocycles. The van der Waals surface area contributed by atoms with Crippen LogP contribution in [-0.2, 0) is 4.79 Å². The number of aromatic nitrogens is 1. The Kier molecular flexibility index (Phi) is 5.89. The van der Waals surface area contributed by atoms with Gasteiger partial charge in [0.15, 0.2) is 0 Å². The highest BCUT2D eigenvalue weighted by molar-refractivity contribution is 6.04. The van der Waals surface area contributed by atoms with Gasteiger partial charge in [-0.1, -0.05) is 6.92 Å². The quantitative estimate of drug-likeness (QED) is 0.852. The topological polar surface area (TPSA) is 80.3 Å². The molecular weight excluding hydrogens is 306 g/mol. The van der Waals surface area contributed by atoms with E-state index in [1.54, 1.807) is 37.4 Å². The van der Waals surface area contributed by atoms with Gasteiger partial charge in [-0.25, -0.2) is 4.98 Å². The molecule has 6 nitrogen and oxygen atoms in total. The van der Waals surface area contributed by atoms with Gasteiger partial charge >= 0.3 is 0 Å². The monoisotopic (exact) mass is 327 g/mol. The van der Waals surface area contributed by atoms with Gasteiger partial charge in [-0.2, -0.15) is 0 Å². The fraction of sp³-hybridized carbons (Fsp3) is 0.278. The van der Waals surface area contributed by atoms with E-state index < -0.39 is 0 Å². The lowest BCUT2D eigenvalue weighted by Gasteiger charge is -2.10. The molecule has 2 rings (SSSR count). The normalized spacial score (nSPS) is 10.1. The van der Waals surface area contributed by atoms with Crippen LogP contribution in [0.2, 0.25) is 0 Å². The molecule has 0 atom stereocenters. The van der Waals surface area contributed by atoms with Crippen molar-refractivity contribution in [3.8, 4) is 5.75 Å². The Morgan fingerprint density at radius 3 is 2.46 bits per heavy atom. The average molecular weight is 327 g/mol. The minimum Gasteiger partial charge on any atom is -0.497 e. The van der Waals surface area contributed by atoms with Crippen molar-refractivity contribution < 1.29 is 14.3 Å². The Morgan fingerprint density at radius 2 is 1.88 bits per heavy atom. The van der Waals surface area contributed by atoms with Crippen molar-refractivity contribution >= 4 is 23.3 Å². The van der Waals surface area contributed by atoms with E-state index in [0.29, 0.717) is 29.2 Å². The van der Waals surface area contributed by atoms with Gasteiger partial charge < -0.3 is 15.4 Å². The van der Waals surface area contributed by atoms with E-state index in [4.69, 9.17) is 4.74 Å². The molecule has 126 valence electrons. The Labute approximate surface area is 141 Å². The molecule has 0 aliphatic rings. The van der Waals surface area contributed by atoms with Gasteiger partial charge in [0.05, 0.1) is 19.0 Å². The number of aryl methyl sites for hydroxylation is 1. The van der Waals surface area contributed by atoms with Gasteiger partial charge in [0.1, 0.15) is 11.6 Å². The number of carbonyl (C=O) groups is 2. The minimum absolute atomic E-state index is 0.0700. The van der Waals surface area contributed by atoms with Crippen molar-refractivity contribution in [2.75, 3.05) is 17.7 Å². The van der Waals surface area contributed by atoms with Crippen LogP contribution in [0.3, 0.4) is 0 Å². The summed E-state index contributed by atoms with van der Waals surface area (Å²) < 4.78 is 5.07. The van der Waals surface area contributed by atoms with E-state index in [1.807, 2.05) is 13.8 Å². The van der Waals surface area contributed by atoms with E-state index in [-0.39, 0.29) is 11.8 Å². The first-order valence-electron chi connectivity index (χ1n) is 7.75. The van der Waals surface area contributed by atoms with Crippen LogP contribution in [-0.4, -0.2) is 23.9 Å². The summed E-state index contributed by atoms with van der Waals surface area (Å²) in [4.78, 5) is 28.0. The van der Waals surface area contributed by atoms with Crippen molar-refractivity contribution in [3.05, 3.63) is 47.7 Å². The van der Waals surface area contributed by atoms with Crippen LogP contribution in [0.4, 0.5) is 11.5 Å². The van der Waals surface area contributed by atoms with Crippen LogP contribution in [0.5, 0.6) is 5.75 Å². The SMILES string of the molecule is CCCC(=O)Nc1cc(C)c(NC(=O)c2ccc(OC)cc2)cn1. The van der Waals surface area contributed by atoms with Gasteiger partial charge in [-0.3, -0.25) is 9.59 Å². The van der Waals surface area contributed by atoms with Crippen molar-refractivity contribution in [2.45, 2.75) is 26.7 Å². The molecule has 1 heterocycles. The molecule has 0 fully saturated rings. The number of nitrogens with one attached hydrogen (secondary N) is 2. The molecule has 1 aromatic heterocycles. The molecule has 0 saturated carbocycles. The highest BCUT2D eigenvalue weighted by Crippen LogP contribution is 2.19. The highest BCUT2D eigenvalue weighted by Gasteiger charge is 2.10. The Bertz CT molecular complexity index is 727. The van der Waals surface area contributed by atoms with Crippen LogP contribution in [0.15, 0.2) is 36.5 Å². The first kappa shape index (κ1) is 17.5. The average Bonchev–Trinajstić information content (AvgIpc) is 2.57. The van der Waals surface area contributed by atoms with Gasteiger partial charge in [0.2, 0.25) is 5.91 Å². The molecule has 1 aromatic carbocycles. The zero-order chi connectivity index (χ0) is 17.5. The first-order chi connectivity index (χ1) is 11.5. The summed E-state index contributed by atoms with van der Waals surface area (Å²) >= 11 is 0. The van der Waals surface area contributed by atoms with Crippen LogP contribution < -0.4 is 15.4 Å². The Hall–Kier alpha value is -2.89. The summed E-state index contributed by atoms with van der Waals surface area (Å²) in [7, 11) is 1.57. The summed E-state index contributed by atoms with van der Waals surface area (Å²) in [6.45, 7) is 3.79. The van der Waals surface area contributed by atoms with E-state index >= 15 is 0 Å². The lowest BCUT2D eigenvalue weighted by atomic mass is 10.2. The van der Waals surface area contributed by atoms with Crippen molar-refractivity contribution in [1.29, 1.82) is 0 Å². The number of benzene rings is 1. The third kappa shape index (κ3) is 4.55. The standard InChI is InChI=1S/C18H21N3O3/c1-4-5-17(22)21-16-10-12(2)15(11-19-16)20-18(23)13-6-8-14(24-3)9-7-13/h6-11H,4-5H2,1-3H3,(H,20,23)(H,19,21,22). The number of pyridine rings is 1. The fourth-order valence-electron chi connectivity index (χ4n) is 2.12. The number of anilines is 2. The number of hydrogen-bond donors (Lipinski definition) is 2. The molecule has 0 unspecified atom stereocenters. The van der Waals surface area contributed by atoms with Gasteiger partial charge in [0, 0.05) is 12.0 Å². The fourth-order valence-corrected chi connectivity index (χ4v) is 2.12. The molecule has 0 bridgehead atoms. The van der Waals surface area contributed by atoms with Crippen LogP contribution in [0.25, 0.3) is 0 Å². The van der Waals surface area contributed by atoms with E-state index in [2.05, 4.69) is 15.6 Å². The largest absolute Gasteiger partial charge is 0.497 e. The molecule has 6 heteroatoms. The van der Waals surface area contributed by atoms with Crippen LogP contribution in [0, 0.1) is 6.92 Å². The number of amides is 2. The summed E-state index contributed by atoms with van der Waals surface area (Å²) in [5, 5.41) is 5.55. The second-order valence-corrected chi connectivity index (χ2v) is 5.37. The van der Waals surface area contributed by atoms with Crippen molar-refractivity contribution in [2.24, 2.45) is 0 Å². The number of methoxy groups -OCH3 is 1. The molecule has 0 spiro atoms. The lowest BCUT2D eigenvalue weighted by Crippen LogP contribution is -2.15. The summed E-state index contributed by atoms with van der Waals surface area (Å²) in [5.41, 5.74) is 1.94. The summed E-state index contributed by atoms with van der Waals surface area (Å²) in [5.74, 6) is 0.870. The van der Waals surface area contributed by atoms with Crippen molar-refractivity contribution in [1.82, 2.24) is 4.98 Å². The number of ether oxygens (including phenoxy) is 1. The number of carbonyl (C=O) groups excluding carboxylic acids is 2. The zero-order valence-corrected chi connectivity index (χ0v) is 14.1. The molecule has 0 saturated heterocycles. The highest BCUT2D eigenvalue weighted by atomic mass is 16.5. The van der Waals surface area contributed by atoms with E-state index in [1.165, 1.54) is 6.20 Å². The number of nitrogens with zero attached hydrogens (tertiary/aromatic N) is 1. The summed E-state index contributed by atoms with van der Waals surface area (Å²) in [6.07, 6.45) is 2.77. The predicted molar refractivity (Wildman–Crippen MR) is 93.5 cm³/mol. The van der Waals surface area contributed by atoms with Gasteiger partial charge in [-0.15, -0.1) is 0 Å². The molecular formula is C18H21N3O3. The third-order valence-corrected chi connectivity index (χ3v) is 3.46. The lowest BCUT2D eigenvalue weighted by molar-refractivity contribution is -0.116. The number of rotatable bonds is 6. The van der Waals surface area contributed by atoms with E-state index in [9.17, 15) is 9.59 Å². The molecule has 0 aliphatic carbocycles. The second kappa shape index (κ2) is 8.10. The maximum atomic E-state index is 12.3. The molecule has 0 radical (unpaired) electrons. The predicted octanol–water partition coefficient (Wildman–Crippen LogP) is 3.39. The first-order valence-corrected chi connectivity index (χ1v) is 7.75. The zero-order valence-electron chi connectivity index (χ0n) is 14.1.